The predicted octanol–water partition coefficient (Wildman–Crippen LogP) is 5.56. The summed E-state index contributed by atoms with van der Waals surface area (Å²) >= 11 is 0. The molecule has 2 heteroatoms. The molecular weight excluding hydrogens is 284 g/mol. The van der Waals surface area contributed by atoms with Crippen LogP contribution >= 0.6 is 0 Å². The van der Waals surface area contributed by atoms with Crippen molar-refractivity contribution in [3.63, 3.8) is 0 Å². The van der Waals surface area contributed by atoms with Crippen molar-refractivity contribution in [2.75, 3.05) is 6.61 Å². The molecule has 0 bridgehead atoms. The monoisotopic (exact) mass is 314 g/mol. The van der Waals surface area contributed by atoms with Crippen LogP contribution in [0.4, 0.5) is 0 Å². The Kier molecular flexibility index (Phi) is 7.92. The molecule has 1 aliphatic carbocycles. The van der Waals surface area contributed by atoms with E-state index in [9.17, 15) is 4.79 Å². The largest absolute Gasteiger partial charge is 0.462 e. The number of esters is 1. The second-order valence-corrected chi connectivity index (χ2v) is 6.67. The van der Waals surface area contributed by atoms with Gasteiger partial charge in [-0.05, 0) is 48.8 Å². The molecule has 2 rings (SSSR count). The van der Waals surface area contributed by atoms with Crippen LogP contribution in [0.15, 0.2) is 30.3 Å². The number of hydrogen-bond donors (Lipinski definition) is 0. The number of carbonyl (C=O) groups is 1. The molecule has 0 radical (unpaired) electrons. The lowest BCUT2D eigenvalue weighted by Gasteiger charge is -2.03. The molecule has 0 aromatic heterocycles. The lowest BCUT2D eigenvalue weighted by molar-refractivity contribution is -0.138. The summed E-state index contributed by atoms with van der Waals surface area (Å²) in [7, 11) is 0. The van der Waals surface area contributed by atoms with E-state index in [1.165, 1.54) is 63.0 Å². The maximum atomic E-state index is 11.6. The summed E-state index contributed by atoms with van der Waals surface area (Å²) in [6.07, 6.45) is 14.9. The van der Waals surface area contributed by atoms with Crippen LogP contribution < -0.4 is 0 Å². The molecule has 1 fully saturated rings. The molecule has 0 atom stereocenters. The first-order chi connectivity index (χ1) is 11.3. The summed E-state index contributed by atoms with van der Waals surface area (Å²) in [4.78, 5) is 11.6. The maximum Gasteiger partial charge on any atom is 0.330 e. The second kappa shape index (κ2) is 10.3. The van der Waals surface area contributed by atoms with E-state index in [-0.39, 0.29) is 5.97 Å². The molecule has 1 aromatic rings. The van der Waals surface area contributed by atoms with Crippen molar-refractivity contribution in [2.45, 2.75) is 64.7 Å². The standard InChI is InChI=1S/C21H30O2/c1-2-3-4-5-6-7-8-18-9-11-19(12-10-18)15-16-21(22)23-17-20-13-14-20/h9-12,15-16,20H,2-8,13-14,17H2,1H3/b16-15+. The minimum Gasteiger partial charge on any atom is -0.462 e. The molecule has 0 amide bonds. The van der Waals surface area contributed by atoms with E-state index in [4.69, 9.17) is 4.74 Å². The van der Waals surface area contributed by atoms with Crippen molar-refractivity contribution in [1.29, 1.82) is 0 Å². The summed E-state index contributed by atoms with van der Waals surface area (Å²) in [5.41, 5.74) is 2.44. The van der Waals surface area contributed by atoms with Gasteiger partial charge in [-0.3, -0.25) is 0 Å². The predicted molar refractivity (Wildman–Crippen MR) is 96.2 cm³/mol. The zero-order valence-corrected chi connectivity index (χ0v) is 14.4. The number of rotatable bonds is 11. The van der Waals surface area contributed by atoms with Crippen LogP contribution in [0.1, 0.15) is 69.4 Å². The van der Waals surface area contributed by atoms with Gasteiger partial charge in [-0.25, -0.2) is 4.79 Å². The molecule has 126 valence electrons. The van der Waals surface area contributed by atoms with Gasteiger partial charge < -0.3 is 4.74 Å². The Morgan fingerprint density at radius 1 is 1.09 bits per heavy atom. The summed E-state index contributed by atoms with van der Waals surface area (Å²) in [5.74, 6) is 0.390. The Hall–Kier alpha value is -1.57. The van der Waals surface area contributed by atoms with Crippen molar-refractivity contribution < 1.29 is 9.53 Å². The van der Waals surface area contributed by atoms with E-state index in [0.717, 1.165) is 12.0 Å². The Morgan fingerprint density at radius 3 is 2.48 bits per heavy atom. The number of aryl methyl sites for hydroxylation is 1. The molecule has 0 aliphatic heterocycles. The maximum absolute atomic E-state index is 11.6. The van der Waals surface area contributed by atoms with Crippen LogP contribution in [0.25, 0.3) is 6.08 Å². The van der Waals surface area contributed by atoms with E-state index < -0.39 is 0 Å². The normalized spacial score (nSPS) is 14.3. The van der Waals surface area contributed by atoms with Gasteiger partial charge in [-0.15, -0.1) is 0 Å². The lowest BCUT2D eigenvalue weighted by atomic mass is 10.0. The fourth-order valence-electron chi connectivity index (χ4n) is 2.60. The van der Waals surface area contributed by atoms with Gasteiger partial charge in [0.05, 0.1) is 6.61 Å². The van der Waals surface area contributed by atoms with E-state index >= 15 is 0 Å². The van der Waals surface area contributed by atoms with E-state index in [0.29, 0.717) is 12.5 Å². The zero-order chi connectivity index (χ0) is 16.3. The zero-order valence-electron chi connectivity index (χ0n) is 14.4. The fourth-order valence-corrected chi connectivity index (χ4v) is 2.60. The smallest absolute Gasteiger partial charge is 0.330 e. The molecule has 1 aromatic carbocycles. The van der Waals surface area contributed by atoms with Gasteiger partial charge in [0.15, 0.2) is 0 Å². The van der Waals surface area contributed by atoms with Gasteiger partial charge in [0.2, 0.25) is 0 Å². The third-order valence-corrected chi connectivity index (χ3v) is 4.37. The van der Waals surface area contributed by atoms with Crippen LogP contribution in [0.5, 0.6) is 0 Å². The van der Waals surface area contributed by atoms with Gasteiger partial charge in [0.1, 0.15) is 0 Å². The Bertz CT molecular complexity index is 483. The highest BCUT2D eigenvalue weighted by molar-refractivity contribution is 5.87. The summed E-state index contributed by atoms with van der Waals surface area (Å²) in [6, 6.07) is 8.50. The first-order valence-corrected chi connectivity index (χ1v) is 9.21. The van der Waals surface area contributed by atoms with Crippen LogP contribution in [-0.2, 0) is 16.0 Å². The first-order valence-electron chi connectivity index (χ1n) is 9.21. The van der Waals surface area contributed by atoms with Gasteiger partial charge in [-0.1, -0.05) is 63.3 Å². The van der Waals surface area contributed by atoms with E-state index in [1.54, 1.807) is 0 Å². The third-order valence-electron chi connectivity index (χ3n) is 4.37. The van der Waals surface area contributed by atoms with Crippen molar-refractivity contribution in [3.05, 3.63) is 41.5 Å². The molecule has 1 saturated carbocycles. The highest BCUT2D eigenvalue weighted by atomic mass is 16.5. The fraction of sp³-hybridized carbons (Fsp3) is 0.571. The van der Waals surface area contributed by atoms with Gasteiger partial charge >= 0.3 is 5.97 Å². The van der Waals surface area contributed by atoms with Crippen LogP contribution in [0, 0.1) is 5.92 Å². The van der Waals surface area contributed by atoms with Gasteiger partial charge in [0.25, 0.3) is 0 Å². The second-order valence-electron chi connectivity index (χ2n) is 6.67. The van der Waals surface area contributed by atoms with Crippen molar-refractivity contribution in [1.82, 2.24) is 0 Å². The number of carbonyl (C=O) groups excluding carboxylic acids is 1. The van der Waals surface area contributed by atoms with Crippen LogP contribution in [0.3, 0.4) is 0 Å². The minimum absolute atomic E-state index is 0.229. The Morgan fingerprint density at radius 2 is 1.78 bits per heavy atom. The average Bonchev–Trinajstić information content (AvgIpc) is 3.40. The third kappa shape index (κ3) is 8.01. The molecule has 2 nitrogen and oxygen atoms in total. The average molecular weight is 314 g/mol. The van der Waals surface area contributed by atoms with Crippen molar-refractivity contribution in [3.8, 4) is 0 Å². The molecule has 23 heavy (non-hydrogen) atoms. The molecule has 0 heterocycles. The minimum atomic E-state index is -0.229. The van der Waals surface area contributed by atoms with Crippen molar-refractivity contribution in [2.24, 2.45) is 5.92 Å². The molecule has 0 saturated heterocycles. The van der Waals surface area contributed by atoms with E-state index in [2.05, 4.69) is 31.2 Å². The lowest BCUT2D eigenvalue weighted by Crippen LogP contribution is -2.03. The highest BCUT2D eigenvalue weighted by Gasteiger charge is 2.22. The number of hydrogen-bond acceptors (Lipinski definition) is 2. The summed E-state index contributed by atoms with van der Waals surface area (Å²) in [5, 5.41) is 0. The molecule has 0 spiro atoms. The van der Waals surface area contributed by atoms with Gasteiger partial charge in [0, 0.05) is 6.08 Å². The number of ether oxygens (including phenoxy) is 1. The number of unbranched alkanes of at least 4 members (excludes halogenated alkanes) is 5. The quantitative estimate of drug-likeness (QED) is 0.304. The molecule has 0 unspecified atom stereocenters. The molecule has 1 aliphatic rings. The first kappa shape index (κ1) is 17.8. The van der Waals surface area contributed by atoms with E-state index in [1.807, 2.05) is 6.08 Å². The SMILES string of the molecule is CCCCCCCCc1ccc(/C=C/C(=O)OCC2CC2)cc1. The highest BCUT2D eigenvalue weighted by Crippen LogP contribution is 2.28. The number of benzene rings is 1. The molecular formula is C21H30O2. The molecule has 0 N–H and O–H groups in total. The summed E-state index contributed by atoms with van der Waals surface area (Å²) in [6.45, 7) is 2.84. The Balaban J connectivity index is 1.63. The van der Waals surface area contributed by atoms with Crippen molar-refractivity contribution >= 4 is 12.0 Å². The van der Waals surface area contributed by atoms with Crippen LogP contribution in [-0.4, -0.2) is 12.6 Å². The van der Waals surface area contributed by atoms with Crippen LogP contribution in [0.2, 0.25) is 0 Å². The van der Waals surface area contributed by atoms with Gasteiger partial charge in [-0.2, -0.15) is 0 Å². The Labute approximate surface area is 140 Å². The topological polar surface area (TPSA) is 26.3 Å². The summed E-state index contributed by atoms with van der Waals surface area (Å²) < 4.78 is 5.18.